The van der Waals surface area contributed by atoms with Crippen LogP contribution in [0.2, 0.25) is 0 Å². The van der Waals surface area contributed by atoms with Crippen molar-refractivity contribution < 1.29 is 22.7 Å². The summed E-state index contributed by atoms with van der Waals surface area (Å²) in [5, 5.41) is 0. The van der Waals surface area contributed by atoms with E-state index < -0.39 is 16.0 Å². The van der Waals surface area contributed by atoms with Gasteiger partial charge in [-0.25, -0.2) is 13.2 Å². The maximum absolute atomic E-state index is 13.2. The van der Waals surface area contributed by atoms with E-state index >= 15 is 0 Å². The molecule has 3 rings (SSSR count). The monoisotopic (exact) mass is 476 g/mol. The number of methoxy groups -OCH3 is 1. The van der Waals surface area contributed by atoms with Crippen molar-refractivity contribution >= 4 is 39.3 Å². The van der Waals surface area contributed by atoms with Gasteiger partial charge in [0.05, 0.1) is 28.8 Å². The molecule has 0 spiro atoms. The van der Waals surface area contributed by atoms with E-state index in [2.05, 4.69) is 11.6 Å². The minimum atomic E-state index is -3.99. The molecule has 0 unspecified atom stereocenters. The van der Waals surface area contributed by atoms with E-state index in [4.69, 9.17) is 4.74 Å². The third-order valence-electron chi connectivity index (χ3n) is 5.69. The normalized spacial score (nSPS) is 14.8. The van der Waals surface area contributed by atoms with Crippen LogP contribution in [0.1, 0.15) is 46.0 Å². The minimum Gasteiger partial charge on any atom is -0.465 e. The predicted molar refractivity (Wildman–Crippen MR) is 126 cm³/mol. The van der Waals surface area contributed by atoms with Crippen molar-refractivity contribution in [1.82, 2.24) is 4.90 Å². The molecule has 0 bridgehead atoms. The summed E-state index contributed by atoms with van der Waals surface area (Å²) in [4.78, 5) is 27.5. The molecule has 1 heterocycles. The highest BCUT2D eigenvalue weighted by Crippen LogP contribution is 2.28. The number of ether oxygens (including phenoxy) is 1. The molecule has 7 nitrogen and oxygen atoms in total. The highest BCUT2D eigenvalue weighted by Gasteiger charge is 2.26. The molecule has 1 saturated heterocycles. The zero-order valence-corrected chi connectivity index (χ0v) is 20.3. The molecule has 172 valence electrons. The number of hydrogen-bond acceptors (Lipinski definition) is 6. The van der Waals surface area contributed by atoms with Gasteiger partial charge in [0.15, 0.2) is 0 Å². The summed E-state index contributed by atoms with van der Waals surface area (Å²) in [7, 11) is -2.72. The molecule has 0 aromatic heterocycles. The molecule has 32 heavy (non-hydrogen) atoms. The first-order valence-electron chi connectivity index (χ1n) is 10.4. The third kappa shape index (κ3) is 5.27. The number of amides is 1. The SMILES string of the molecule is COC(=O)c1ccc(C)c(NS(=O)(=O)c2ccc(SC)c(C(=O)N3CCC(C)CC3)c2)c1. The first kappa shape index (κ1) is 24.1. The maximum atomic E-state index is 13.2. The van der Waals surface area contributed by atoms with Crippen LogP contribution in [0.25, 0.3) is 0 Å². The Morgan fingerprint density at radius 3 is 2.44 bits per heavy atom. The van der Waals surface area contributed by atoms with E-state index in [1.807, 2.05) is 6.26 Å². The lowest BCUT2D eigenvalue weighted by Gasteiger charge is -2.30. The van der Waals surface area contributed by atoms with Gasteiger partial charge in [-0.2, -0.15) is 0 Å². The topological polar surface area (TPSA) is 92.8 Å². The predicted octanol–water partition coefficient (Wildman–Crippen LogP) is 4.18. The van der Waals surface area contributed by atoms with Gasteiger partial charge in [-0.1, -0.05) is 13.0 Å². The van der Waals surface area contributed by atoms with E-state index in [0.717, 1.165) is 17.7 Å². The average molecular weight is 477 g/mol. The summed E-state index contributed by atoms with van der Waals surface area (Å²) in [6.07, 6.45) is 3.74. The lowest BCUT2D eigenvalue weighted by atomic mass is 9.98. The smallest absolute Gasteiger partial charge is 0.337 e. The molecule has 0 aliphatic carbocycles. The highest BCUT2D eigenvalue weighted by molar-refractivity contribution is 7.98. The van der Waals surface area contributed by atoms with Crippen molar-refractivity contribution in [2.45, 2.75) is 36.5 Å². The second-order valence-corrected chi connectivity index (χ2v) is 10.5. The van der Waals surface area contributed by atoms with Crippen LogP contribution in [0.4, 0.5) is 5.69 Å². The van der Waals surface area contributed by atoms with E-state index in [9.17, 15) is 18.0 Å². The van der Waals surface area contributed by atoms with E-state index in [-0.39, 0.29) is 22.1 Å². The van der Waals surface area contributed by atoms with Gasteiger partial charge in [-0.05, 0) is 67.8 Å². The van der Waals surface area contributed by atoms with Crippen LogP contribution in [0.3, 0.4) is 0 Å². The van der Waals surface area contributed by atoms with Crippen molar-refractivity contribution in [3.05, 3.63) is 53.1 Å². The number of likely N-dealkylation sites (tertiary alicyclic amines) is 1. The molecule has 0 radical (unpaired) electrons. The highest BCUT2D eigenvalue weighted by atomic mass is 32.2. The van der Waals surface area contributed by atoms with Crippen LogP contribution >= 0.6 is 11.8 Å². The van der Waals surface area contributed by atoms with Crippen LogP contribution in [0.15, 0.2) is 46.2 Å². The Labute approximate surface area is 193 Å². The Bertz CT molecular complexity index is 1120. The fraction of sp³-hybridized carbons (Fsp3) is 0.391. The summed E-state index contributed by atoms with van der Waals surface area (Å²) >= 11 is 1.41. The van der Waals surface area contributed by atoms with Crippen LogP contribution in [-0.4, -0.2) is 51.6 Å². The number of nitrogens with one attached hydrogen (secondary N) is 1. The fourth-order valence-corrected chi connectivity index (χ4v) is 5.30. The fourth-order valence-electron chi connectivity index (χ4n) is 3.58. The number of nitrogens with zero attached hydrogens (tertiary/aromatic N) is 1. The zero-order valence-electron chi connectivity index (χ0n) is 18.7. The van der Waals surface area contributed by atoms with Crippen molar-refractivity contribution in [3.63, 3.8) is 0 Å². The molecular formula is C23H28N2O5S2. The number of esters is 1. The number of sulfonamides is 1. The summed E-state index contributed by atoms with van der Waals surface area (Å²) in [6.45, 7) is 5.25. The minimum absolute atomic E-state index is 0.00750. The molecule has 9 heteroatoms. The average Bonchev–Trinajstić information content (AvgIpc) is 2.79. The number of thioether (sulfide) groups is 1. The lowest BCUT2D eigenvalue weighted by molar-refractivity contribution is 0.0600. The molecule has 1 fully saturated rings. The largest absolute Gasteiger partial charge is 0.465 e. The van der Waals surface area contributed by atoms with Gasteiger partial charge in [-0.3, -0.25) is 9.52 Å². The van der Waals surface area contributed by atoms with E-state index in [0.29, 0.717) is 30.1 Å². The number of aryl methyl sites for hydroxylation is 1. The first-order chi connectivity index (χ1) is 15.2. The van der Waals surface area contributed by atoms with Crippen LogP contribution in [0, 0.1) is 12.8 Å². The third-order valence-corrected chi connectivity index (χ3v) is 7.84. The van der Waals surface area contributed by atoms with E-state index in [1.165, 1.54) is 37.1 Å². The number of hydrogen-bond donors (Lipinski definition) is 1. The molecule has 2 aromatic rings. The molecule has 2 aromatic carbocycles. The van der Waals surface area contributed by atoms with E-state index in [1.54, 1.807) is 30.0 Å². The summed E-state index contributed by atoms with van der Waals surface area (Å²) < 4.78 is 33.5. The second kappa shape index (κ2) is 9.95. The van der Waals surface area contributed by atoms with Crippen molar-refractivity contribution in [2.75, 3.05) is 31.2 Å². The number of benzene rings is 2. The lowest BCUT2D eigenvalue weighted by Crippen LogP contribution is -2.38. The van der Waals surface area contributed by atoms with Gasteiger partial charge in [0, 0.05) is 18.0 Å². The van der Waals surface area contributed by atoms with Gasteiger partial charge in [0.2, 0.25) is 0 Å². The molecule has 1 amide bonds. The molecule has 1 N–H and O–H groups in total. The number of anilines is 1. The molecule has 0 atom stereocenters. The molecule has 1 aliphatic heterocycles. The Hall–Kier alpha value is -2.52. The number of carbonyl (C=O) groups is 2. The van der Waals surface area contributed by atoms with Gasteiger partial charge in [-0.15, -0.1) is 11.8 Å². The van der Waals surface area contributed by atoms with Crippen LogP contribution < -0.4 is 4.72 Å². The second-order valence-electron chi connectivity index (χ2n) is 7.96. The van der Waals surface area contributed by atoms with Gasteiger partial charge in [0.1, 0.15) is 0 Å². The van der Waals surface area contributed by atoms with Gasteiger partial charge >= 0.3 is 5.97 Å². The Balaban J connectivity index is 1.93. The molecule has 1 aliphatic rings. The summed E-state index contributed by atoms with van der Waals surface area (Å²) in [5.74, 6) is -0.125. The zero-order chi connectivity index (χ0) is 23.5. The van der Waals surface area contributed by atoms with Gasteiger partial charge in [0.25, 0.3) is 15.9 Å². The first-order valence-corrected chi connectivity index (χ1v) is 13.1. The Morgan fingerprint density at radius 1 is 1.12 bits per heavy atom. The quantitative estimate of drug-likeness (QED) is 0.497. The standard InChI is InChI=1S/C23H28N2O5S2/c1-15-9-11-25(12-10-15)22(26)19-14-18(7-8-21(19)31-4)32(28,29)24-20-13-17(23(27)30-3)6-5-16(20)2/h5-8,13-15,24H,9-12H2,1-4H3. The number of piperidine rings is 1. The van der Waals surface area contributed by atoms with Crippen molar-refractivity contribution in [2.24, 2.45) is 5.92 Å². The van der Waals surface area contributed by atoms with Crippen molar-refractivity contribution in [3.8, 4) is 0 Å². The number of carbonyl (C=O) groups excluding carboxylic acids is 2. The summed E-state index contributed by atoms with van der Waals surface area (Å²) in [5.41, 5.74) is 1.55. The number of rotatable bonds is 6. The molecule has 0 saturated carbocycles. The Morgan fingerprint density at radius 2 is 1.81 bits per heavy atom. The van der Waals surface area contributed by atoms with Crippen LogP contribution in [-0.2, 0) is 14.8 Å². The van der Waals surface area contributed by atoms with Crippen LogP contribution in [0.5, 0.6) is 0 Å². The summed E-state index contributed by atoms with van der Waals surface area (Å²) in [6, 6.07) is 9.25. The molecular weight excluding hydrogens is 448 g/mol. The Kier molecular flexibility index (Phi) is 7.51. The van der Waals surface area contributed by atoms with Crippen molar-refractivity contribution in [1.29, 1.82) is 0 Å². The van der Waals surface area contributed by atoms with Gasteiger partial charge < -0.3 is 9.64 Å². The maximum Gasteiger partial charge on any atom is 0.337 e.